The number of hydrogen-bond donors (Lipinski definition) is 0. The van der Waals surface area contributed by atoms with E-state index >= 15 is 0 Å². The number of ketones is 2. The van der Waals surface area contributed by atoms with Crippen molar-refractivity contribution in [1.29, 1.82) is 0 Å². The first-order chi connectivity index (χ1) is 17.4. The topological polar surface area (TPSA) is 90.0 Å². The van der Waals surface area contributed by atoms with E-state index in [1.54, 1.807) is 72.8 Å². The lowest BCUT2D eigenvalue weighted by molar-refractivity contribution is -0.127. The minimum Gasteiger partial charge on any atom is -0.494 e. The molecule has 2 aliphatic heterocycles. The van der Waals surface area contributed by atoms with Crippen LogP contribution in [0.2, 0.25) is 0 Å². The summed E-state index contributed by atoms with van der Waals surface area (Å²) < 4.78 is 12.6. The monoisotopic (exact) mass is 545 g/mol. The van der Waals surface area contributed by atoms with Crippen LogP contribution in [0.4, 0.5) is 5.69 Å². The number of carbonyl (C=O) groups excluding carboxylic acids is 4. The van der Waals surface area contributed by atoms with E-state index in [0.29, 0.717) is 23.6 Å². The first-order valence-electron chi connectivity index (χ1n) is 11.6. The predicted molar refractivity (Wildman–Crippen MR) is 133 cm³/mol. The molecule has 2 amide bonds. The summed E-state index contributed by atoms with van der Waals surface area (Å²) in [5.74, 6) is -3.99. The zero-order valence-corrected chi connectivity index (χ0v) is 20.7. The Balaban J connectivity index is 1.49. The smallest absolute Gasteiger partial charge is 0.241 e. The Morgan fingerprint density at radius 2 is 1.47 bits per heavy atom. The van der Waals surface area contributed by atoms with Gasteiger partial charge in [0, 0.05) is 15.6 Å². The van der Waals surface area contributed by atoms with E-state index in [4.69, 9.17) is 9.47 Å². The number of halogens is 1. The number of ether oxygens (including phenoxy) is 2. The molecule has 3 aromatic rings. The van der Waals surface area contributed by atoms with E-state index in [0.717, 1.165) is 9.37 Å². The number of fused-ring (bicyclic) bond motifs is 3. The van der Waals surface area contributed by atoms with Gasteiger partial charge in [-0.3, -0.25) is 19.2 Å². The Hall–Kier alpha value is -3.62. The minimum absolute atomic E-state index is 0.206. The van der Waals surface area contributed by atoms with E-state index in [9.17, 15) is 19.2 Å². The van der Waals surface area contributed by atoms with E-state index in [-0.39, 0.29) is 11.1 Å². The molecule has 0 N–H and O–H groups in total. The van der Waals surface area contributed by atoms with Crippen LogP contribution in [-0.4, -0.2) is 35.6 Å². The SMILES string of the molecule is CCOc1ccc(N2C(=O)[C@@H]3[C@@H](c4ccc(Br)cc4)OC4(C(=O)c5ccccc5C4=O)[C@H]3C2=O)cc1. The van der Waals surface area contributed by atoms with Crippen molar-refractivity contribution in [3.63, 3.8) is 0 Å². The molecule has 3 atom stereocenters. The zero-order chi connectivity index (χ0) is 25.2. The van der Waals surface area contributed by atoms with Gasteiger partial charge in [-0.1, -0.05) is 52.3 Å². The number of benzene rings is 3. The van der Waals surface area contributed by atoms with Gasteiger partial charge in [-0.2, -0.15) is 0 Å². The molecule has 2 saturated heterocycles. The molecule has 36 heavy (non-hydrogen) atoms. The Morgan fingerprint density at radius 1 is 0.861 bits per heavy atom. The third kappa shape index (κ3) is 3.01. The van der Waals surface area contributed by atoms with Crippen molar-refractivity contribution in [3.05, 3.63) is 94.0 Å². The number of nitrogens with zero attached hydrogens (tertiary/aromatic N) is 1. The number of rotatable bonds is 4. The van der Waals surface area contributed by atoms with Gasteiger partial charge in [-0.05, 0) is 48.9 Å². The van der Waals surface area contributed by atoms with Gasteiger partial charge in [0.05, 0.1) is 30.2 Å². The molecule has 7 nitrogen and oxygen atoms in total. The highest BCUT2D eigenvalue weighted by atomic mass is 79.9. The van der Waals surface area contributed by atoms with Gasteiger partial charge in [-0.15, -0.1) is 0 Å². The molecule has 3 aromatic carbocycles. The van der Waals surface area contributed by atoms with Crippen molar-refractivity contribution in [2.24, 2.45) is 11.8 Å². The van der Waals surface area contributed by atoms with E-state index in [2.05, 4.69) is 15.9 Å². The maximum Gasteiger partial charge on any atom is 0.241 e. The molecule has 1 spiro atoms. The summed E-state index contributed by atoms with van der Waals surface area (Å²) in [7, 11) is 0. The molecule has 0 saturated carbocycles. The second kappa shape index (κ2) is 8.21. The lowest BCUT2D eigenvalue weighted by Crippen LogP contribution is -2.51. The third-order valence-corrected chi connectivity index (χ3v) is 7.65. The average molecular weight is 546 g/mol. The van der Waals surface area contributed by atoms with Gasteiger partial charge < -0.3 is 9.47 Å². The second-order valence-electron chi connectivity index (χ2n) is 8.97. The summed E-state index contributed by atoms with van der Waals surface area (Å²) >= 11 is 3.40. The Kier molecular flexibility index (Phi) is 5.21. The Bertz CT molecular complexity index is 1400. The van der Waals surface area contributed by atoms with Crippen LogP contribution in [0.3, 0.4) is 0 Å². The van der Waals surface area contributed by atoms with Crippen LogP contribution in [0, 0.1) is 11.8 Å². The summed E-state index contributed by atoms with van der Waals surface area (Å²) in [5.41, 5.74) is -0.715. The maximum atomic E-state index is 13.9. The summed E-state index contributed by atoms with van der Waals surface area (Å²) in [6.45, 7) is 2.34. The van der Waals surface area contributed by atoms with Crippen LogP contribution in [-0.2, 0) is 14.3 Å². The normalized spacial score (nSPS) is 23.9. The van der Waals surface area contributed by atoms with Gasteiger partial charge in [0.15, 0.2) is 0 Å². The maximum absolute atomic E-state index is 13.9. The lowest BCUT2D eigenvalue weighted by Gasteiger charge is -2.27. The van der Waals surface area contributed by atoms with Gasteiger partial charge in [0.1, 0.15) is 5.75 Å². The molecule has 8 heteroatoms. The van der Waals surface area contributed by atoms with Gasteiger partial charge in [0.2, 0.25) is 29.0 Å². The summed E-state index contributed by atoms with van der Waals surface area (Å²) in [4.78, 5) is 56.4. The fourth-order valence-corrected chi connectivity index (χ4v) is 5.85. The number of Topliss-reactive ketones (excluding diaryl/α,β-unsaturated/α-hetero) is 2. The number of imide groups is 1. The van der Waals surface area contributed by atoms with Crippen LogP contribution in [0.1, 0.15) is 39.3 Å². The van der Waals surface area contributed by atoms with E-state index in [1.807, 2.05) is 6.92 Å². The average Bonchev–Trinajstić information content (AvgIpc) is 3.45. The van der Waals surface area contributed by atoms with E-state index in [1.165, 1.54) is 0 Å². The van der Waals surface area contributed by atoms with Crippen LogP contribution in [0.25, 0.3) is 0 Å². The molecule has 3 aliphatic rings. The molecule has 2 fully saturated rings. The fraction of sp³-hybridized carbons (Fsp3) is 0.214. The predicted octanol–water partition coefficient (Wildman–Crippen LogP) is 4.54. The lowest BCUT2D eigenvalue weighted by atomic mass is 9.77. The number of amides is 2. The molecule has 2 heterocycles. The number of carbonyl (C=O) groups is 4. The highest BCUT2D eigenvalue weighted by Crippen LogP contribution is 2.57. The molecular weight excluding hydrogens is 526 g/mol. The second-order valence-corrected chi connectivity index (χ2v) is 9.89. The molecule has 180 valence electrons. The summed E-state index contributed by atoms with van der Waals surface area (Å²) in [6.07, 6.45) is -0.950. The first-order valence-corrected chi connectivity index (χ1v) is 12.4. The first kappa shape index (κ1) is 22.8. The molecular formula is C28H20BrNO6. The van der Waals surface area contributed by atoms with Gasteiger partial charge in [0.25, 0.3) is 0 Å². The fourth-order valence-electron chi connectivity index (χ4n) is 5.58. The summed E-state index contributed by atoms with van der Waals surface area (Å²) in [5, 5.41) is 0. The van der Waals surface area contributed by atoms with Crippen LogP contribution < -0.4 is 9.64 Å². The Morgan fingerprint density at radius 3 is 2.06 bits per heavy atom. The zero-order valence-electron chi connectivity index (χ0n) is 19.1. The summed E-state index contributed by atoms with van der Waals surface area (Å²) in [6, 6.07) is 20.1. The third-order valence-electron chi connectivity index (χ3n) is 7.12. The molecule has 1 aliphatic carbocycles. The minimum atomic E-state index is -2.08. The largest absolute Gasteiger partial charge is 0.494 e. The van der Waals surface area contributed by atoms with Crippen molar-refractivity contribution >= 4 is 45.0 Å². The van der Waals surface area contributed by atoms with Gasteiger partial charge in [-0.25, -0.2) is 4.90 Å². The molecule has 0 unspecified atom stereocenters. The van der Waals surface area contributed by atoms with Crippen LogP contribution in [0.5, 0.6) is 5.75 Å². The molecule has 0 radical (unpaired) electrons. The standard InChI is InChI=1S/C28H20BrNO6/c1-2-35-18-13-11-17(12-14-18)30-26(33)21-22(27(30)34)28(36-23(21)15-7-9-16(29)10-8-15)24(31)19-5-3-4-6-20(19)25(28)32/h3-14,21-23H,2H2,1H3/t21-,22+,23+/m0/s1. The highest BCUT2D eigenvalue weighted by molar-refractivity contribution is 9.10. The Labute approximate surface area is 215 Å². The van der Waals surface area contributed by atoms with Crippen molar-refractivity contribution in [3.8, 4) is 5.75 Å². The molecule has 0 aromatic heterocycles. The van der Waals surface area contributed by atoms with Crippen molar-refractivity contribution < 1.29 is 28.7 Å². The quantitative estimate of drug-likeness (QED) is 0.353. The number of anilines is 1. The van der Waals surface area contributed by atoms with Crippen LogP contribution in [0.15, 0.2) is 77.3 Å². The van der Waals surface area contributed by atoms with Crippen molar-refractivity contribution in [1.82, 2.24) is 0 Å². The van der Waals surface area contributed by atoms with Crippen LogP contribution >= 0.6 is 15.9 Å². The van der Waals surface area contributed by atoms with E-state index < -0.39 is 46.9 Å². The van der Waals surface area contributed by atoms with Crippen molar-refractivity contribution in [2.45, 2.75) is 18.6 Å². The highest BCUT2D eigenvalue weighted by Gasteiger charge is 2.74. The molecule has 0 bridgehead atoms. The van der Waals surface area contributed by atoms with Crippen molar-refractivity contribution in [2.75, 3.05) is 11.5 Å². The molecule has 6 rings (SSSR count). The number of hydrogen-bond acceptors (Lipinski definition) is 6. The van der Waals surface area contributed by atoms with Gasteiger partial charge >= 0.3 is 0 Å².